The molecule has 6 nitrogen and oxygen atoms in total. The number of carbonyl (C=O) groups excluding carboxylic acids is 2. The van der Waals surface area contributed by atoms with E-state index in [1.54, 1.807) is 4.90 Å². The molecule has 1 saturated heterocycles. The summed E-state index contributed by atoms with van der Waals surface area (Å²) in [6.45, 7) is 8.44. The van der Waals surface area contributed by atoms with E-state index in [-0.39, 0.29) is 12.5 Å². The summed E-state index contributed by atoms with van der Waals surface area (Å²) in [5.41, 5.74) is 5.58. The van der Waals surface area contributed by atoms with Gasteiger partial charge in [-0.2, -0.15) is 0 Å². The molecule has 3 aromatic rings. The van der Waals surface area contributed by atoms with Crippen molar-refractivity contribution >= 4 is 17.6 Å². The Balaban J connectivity index is 1.36. The summed E-state index contributed by atoms with van der Waals surface area (Å²) in [6, 6.07) is 20.1. The molecule has 0 spiro atoms. The molecule has 2 heterocycles. The van der Waals surface area contributed by atoms with Crippen LogP contribution < -0.4 is 4.90 Å². The highest BCUT2D eigenvalue weighted by Crippen LogP contribution is 2.24. The van der Waals surface area contributed by atoms with Crippen LogP contribution in [0.1, 0.15) is 27.3 Å². The molecule has 166 valence electrons. The third-order valence-electron chi connectivity index (χ3n) is 6.09. The third-order valence-corrected chi connectivity index (χ3v) is 6.09. The predicted molar refractivity (Wildman–Crippen MR) is 125 cm³/mol. The molecule has 0 N–H and O–H groups in total. The molecule has 0 saturated carbocycles. The molecular weight excluding hydrogens is 402 g/mol. The molecule has 4 rings (SSSR count). The van der Waals surface area contributed by atoms with Crippen molar-refractivity contribution in [3.05, 3.63) is 83.2 Å². The maximum atomic E-state index is 12.8. The minimum atomic E-state index is -0.464. The first-order chi connectivity index (χ1) is 15.5. The number of aryl methyl sites for hydroxylation is 2. The molecule has 6 heteroatoms. The Labute approximate surface area is 189 Å². The topological polar surface area (TPSA) is 54.8 Å². The number of para-hydroxylation sites is 2. The average Bonchev–Trinajstić information content (AvgIpc) is 3.12. The minimum absolute atomic E-state index is 0.154. The van der Waals surface area contributed by atoms with Crippen LogP contribution in [0, 0.1) is 20.8 Å². The number of benzene rings is 2. The monoisotopic (exact) mass is 431 g/mol. The fraction of sp³-hybridized carbons (Fsp3) is 0.308. The standard InChI is InChI=1S/C26H29N3O3/c1-19-9-7-8-12-24(19)29-20(2)17-23(21(29)3)26(31)32-18-25(30)28-15-13-27(14-16-28)22-10-5-4-6-11-22/h4-12,17H,13-16,18H2,1-3H3. The van der Waals surface area contributed by atoms with Gasteiger partial charge in [0.15, 0.2) is 6.61 Å². The summed E-state index contributed by atoms with van der Waals surface area (Å²) >= 11 is 0. The van der Waals surface area contributed by atoms with Gasteiger partial charge >= 0.3 is 5.97 Å². The van der Waals surface area contributed by atoms with Crippen LogP contribution in [0.5, 0.6) is 0 Å². The SMILES string of the molecule is Cc1ccccc1-n1c(C)cc(C(=O)OCC(=O)N2CCN(c3ccccc3)CC2)c1C. The molecule has 0 radical (unpaired) electrons. The molecule has 1 aliphatic heterocycles. The van der Waals surface area contributed by atoms with Crippen LogP contribution in [-0.2, 0) is 9.53 Å². The van der Waals surface area contributed by atoms with Gasteiger partial charge in [-0.3, -0.25) is 4.79 Å². The highest BCUT2D eigenvalue weighted by Gasteiger charge is 2.24. The summed E-state index contributed by atoms with van der Waals surface area (Å²) in [4.78, 5) is 29.4. The van der Waals surface area contributed by atoms with Gasteiger partial charge in [0.05, 0.1) is 5.56 Å². The Morgan fingerprint density at radius 1 is 0.875 bits per heavy atom. The van der Waals surface area contributed by atoms with E-state index in [1.165, 1.54) is 0 Å². The van der Waals surface area contributed by atoms with Gasteiger partial charge in [0.2, 0.25) is 0 Å². The van der Waals surface area contributed by atoms with E-state index in [9.17, 15) is 9.59 Å². The molecule has 0 atom stereocenters. The Kier molecular flexibility index (Phi) is 6.30. The van der Waals surface area contributed by atoms with Crippen LogP contribution in [0.2, 0.25) is 0 Å². The first-order valence-corrected chi connectivity index (χ1v) is 11.0. The normalized spacial score (nSPS) is 13.8. The Bertz CT molecular complexity index is 1110. The average molecular weight is 432 g/mol. The largest absolute Gasteiger partial charge is 0.452 e. The molecule has 1 aromatic heterocycles. The number of amides is 1. The van der Waals surface area contributed by atoms with Crippen LogP contribution in [-0.4, -0.2) is 54.1 Å². The van der Waals surface area contributed by atoms with Gasteiger partial charge in [-0.05, 0) is 50.6 Å². The number of hydrogen-bond acceptors (Lipinski definition) is 4. The van der Waals surface area contributed by atoms with Crippen LogP contribution in [0.15, 0.2) is 60.7 Å². The van der Waals surface area contributed by atoms with Crippen molar-refractivity contribution < 1.29 is 14.3 Å². The number of hydrogen-bond donors (Lipinski definition) is 0. The van der Waals surface area contributed by atoms with Gasteiger partial charge in [-0.15, -0.1) is 0 Å². The highest BCUT2D eigenvalue weighted by molar-refractivity contribution is 5.93. The van der Waals surface area contributed by atoms with E-state index in [2.05, 4.69) is 21.6 Å². The zero-order valence-corrected chi connectivity index (χ0v) is 18.9. The lowest BCUT2D eigenvalue weighted by atomic mass is 10.2. The van der Waals surface area contributed by atoms with E-state index < -0.39 is 5.97 Å². The second kappa shape index (κ2) is 9.30. The van der Waals surface area contributed by atoms with Gasteiger partial charge in [0.1, 0.15) is 0 Å². The quantitative estimate of drug-likeness (QED) is 0.575. The third kappa shape index (κ3) is 4.40. The number of aromatic nitrogens is 1. The van der Waals surface area contributed by atoms with Gasteiger partial charge in [-0.25, -0.2) is 4.79 Å². The second-order valence-corrected chi connectivity index (χ2v) is 8.19. The molecule has 1 fully saturated rings. The van der Waals surface area contributed by atoms with Crippen molar-refractivity contribution in [3.8, 4) is 5.69 Å². The van der Waals surface area contributed by atoms with Gasteiger partial charge in [-0.1, -0.05) is 36.4 Å². The number of ether oxygens (including phenoxy) is 1. The summed E-state index contributed by atoms with van der Waals surface area (Å²) in [5.74, 6) is -0.618. The number of esters is 1. The number of anilines is 1. The molecule has 1 aliphatic rings. The first-order valence-electron chi connectivity index (χ1n) is 11.0. The summed E-state index contributed by atoms with van der Waals surface area (Å²) in [7, 11) is 0. The number of piperazine rings is 1. The maximum Gasteiger partial charge on any atom is 0.340 e. The number of nitrogens with zero attached hydrogens (tertiary/aromatic N) is 3. The summed E-state index contributed by atoms with van der Waals surface area (Å²) in [6.07, 6.45) is 0. The highest BCUT2D eigenvalue weighted by atomic mass is 16.5. The van der Waals surface area contributed by atoms with Crippen molar-refractivity contribution in [3.63, 3.8) is 0 Å². The molecule has 32 heavy (non-hydrogen) atoms. The van der Waals surface area contributed by atoms with E-state index in [4.69, 9.17) is 4.74 Å². The smallest absolute Gasteiger partial charge is 0.340 e. The molecule has 1 amide bonds. The Morgan fingerprint density at radius 2 is 1.53 bits per heavy atom. The number of rotatable bonds is 5. The van der Waals surface area contributed by atoms with Crippen molar-refractivity contribution in [1.82, 2.24) is 9.47 Å². The Hall–Kier alpha value is -3.54. The van der Waals surface area contributed by atoms with Crippen molar-refractivity contribution in [2.75, 3.05) is 37.7 Å². The first kappa shape index (κ1) is 21.7. The van der Waals surface area contributed by atoms with E-state index >= 15 is 0 Å². The second-order valence-electron chi connectivity index (χ2n) is 8.19. The zero-order valence-electron chi connectivity index (χ0n) is 18.9. The van der Waals surface area contributed by atoms with E-state index in [0.717, 1.165) is 41.4 Å². The lowest BCUT2D eigenvalue weighted by Gasteiger charge is -2.36. The lowest BCUT2D eigenvalue weighted by Crippen LogP contribution is -2.49. The van der Waals surface area contributed by atoms with E-state index in [1.807, 2.05) is 69.3 Å². The van der Waals surface area contributed by atoms with Crippen molar-refractivity contribution in [2.45, 2.75) is 20.8 Å². The van der Waals surface area contributed by atoms with Crippen molar-refractivity contribution in [1.29, 1.82) is 0 Å². The van der Waals surface area contributed by atoms with E-state index in [0.29, 0.717) is 18.7 Å². The number of carbonyl (C=O) groups is 2. The van der Waals surface area contributed by atoms with Gasteiger partial charge in [0, 0.05) is 48.9 Å². The molecular formula is C26H29N3O3. The van der Waals surface area contributed by atoms with Crippen molar-refractivity contribution in [2.24, 2.45) is 0 Å². The molecule has 0 bridgehead atoms. The van der Waals surface area contributed by atoms with Crippen LogP contribution in [0.3, 0.4) is 0 Å². The van der Waals surface area contributed by atoms with Gasteiger partial charge < -0.3 is 19.1 Å². The van der Waals surface area contributed by atoms with Crippen LogP contribution >= 0.6 is 0 Å². The summed E-state index contributed by atoms with van der Waals surface area (Å²) in [5, 5.41) is 0. The zero-order chi connectivity index (χ0) is 22.7. The Morgan fingerprint density at radius 3 is 2.22 bits per heavy atom. The fourth-order valence-electron chi connectivity index (χ4n) is 4.30. The fourth-order valence-corrected chi connectivity index (χ4v) is 4.30. The van der Waals surface area contributed by atoms with Crippen LogP contribution in [0.4, 0.5) is 5.69 Å². The minimum Gasteiger partial charge on any atom is -0.452 e. The predicted octanol–water partition coefficient (Wildman–Crippen LogP) is 3.91. The maximum absolute atomic E-state index is 12.8. The molecule has 0 unspecified atom stereocenters. The van der Waals surface area contributed by atoms with Gasteiger partial charge in [0.25, 0.3) is 5.91 Å². The summed E-state index contributed by atoms with van der Waals surface area (Å²) < 4.78 is 7.46. The molecule has 2 aromatic carbocycles. The lowest BCUT2D eigenvalue weighted by molar-refractivity contribution is -0.134. The van der Waals surface area contributed by atoms with Crippen LogP contribution in [0.25, 0.3) is 5.69 Å². The molecule has 0 aliphatic carbocycles.